The quantitative estimate of drug-likeness (QED) is 0.299. The van der Waals surface area contributed by atoms with E-state index in [9.17, 15) is 22.4 Å². The van der Waals surface area contributed by atoms with E-state index in [1.54, 1.807) is 6.92 Å². The summed E-state index contributed by atoms with van der Waals surface area (Å²) >= 11 is 3.43. The van der Waals surface area contributed by atoms with Gasteiger partial charge in [-0.25, -0.2) is 12.8 Å². The predicted molar refractivity (Wildman–Crippen MR) is 156 cm³/mol. The number of nitrogens with one attached hydrogen (secondary N) is 1. The monoisotopic (exact) mass is 633 g/mol. The number of rotatable bonds is 12. The van der Waals surface area contributed by atoms with Crippen molar-refractivity contribution < 1.29 is 27.1 Å². The van der Waals surface area contributed by atoms with Crippen LogP contribution in [0.2, 0.25) is 0 Å². The largest absolute Gasteiger partial charge is 0.497 e. The summed E-state index contributed by atoms with van der Waals surface area (Å²) in [5, 5.41) is 2.89. The first-order valence-corrected chi connectivity index (χ1v) is 15.0. The van der Waals surface area contributed by atoms with Crippen molar-refractivity contribution in [3.8, 4) is 5.75 Å². The minimum absolute atomic E-state index is 0.0627. The lowest BCUT2D eigenvalue weighted by atomic mass is 10.1. The van der Waals surface area contributed by atoms with Gasteiger partial charge < -0.3 is 15.0 Å². The highest BCUT2D eigenvalue weighted by atomic mass is 79.9. The lowest BCUT2D eigenvalue weighted by Crippen LogP contribution is -2.52. The molecule has 0 fully saturated rings. The first-order valence-electron chi connectivity index (χ1n) is 12.7. The second-order valence-electron chi connectivity index (χ2n) is 9.31. The zero-order chi connectivity index (χ0) is 29.4. The minimum Gasteiger partial charge on any atom is -0.497 e. The van der Waals surface area contributed by atoms with Crippen molar-refractivity contribution in [1.29, 1.82) is 0 Å². The van der Waals surface area contributed by atoms with Gasteiger partial charge in [0.05, 0.1) is 17.7 Å². The van der Waals surface area contributed by atoms with Crippen LogP contribution in [0.1, 0.15) is 32.8 Å². The summed E-state index contributed by atoms with van der Waals surface area (Å²) in [7, 11) is -2.81. The van der Waals surface area contributed by atoms with Gasteiger partial charge in [-0.1, -0.05) is 35.0 Å². The fraction of sp³-hybridized carbons (Fsp3) is 0.310. The molecule has 3 rings (SSSR count). The van der Waals surface area contributed by atoms with Crippen molar-refractivity contribution in [2.45, 2.75) is 50.7 Å². The number of methoxy groups -OCH3 is 1. The van der Waals surface area contributed by atoms with Gasteiger partial charge in [0.25, 0.3) is 10.0 Å². The van der Waals surface area contributed by atoms with Crippen molar-refractivity contribution in [1.82, 2.24) is 10.2 Å². The molecule has 1 N–H and O–H groups in total. The Morgan fingerprint density at radius 3 is 2.25 bits per heavy atom. The van der Waals surface area contributed by atoms with Crippen molar-refractivity contribution in [3.05, 3.63) is 88.6 Å². The first-order chi connectivity index (χ1) is 19.0. The molecule has 2 atom stereocenters. The molecule has 0 aromatic heterocycles. The third kappa shape index (κ3) is 7.82. The molecule has 8 nitrogen and oxygen atoms in total. The minimum atomic E-state index is -4.27. The summed E-state index contributed by atoms with van der Waals surface area (Å²) < 4.78 is 48.2. The van der Waals surface area contributed by atoms with Crippen LogP contribution in [0.25, 0.3) is 0 Å². The number of hydrogen-bond acceptors (Lipinski definition) is 5. The summed E-state index contributed by atoms with van der Waals surface area (Å²) in [6.07, 6.45) is 0.705. The van der Waals surface area contributed by atoms with Crippen LogP contribution in [0.4, 0.5) is 10.1 Å². The fourth-order valence-corrected chi connectivity index (χ4v) is 5.75. The van der Waals surface area contributed by atoms with E-state index in [0.717, 1.165) is 26.5 Å². The lowest BCUT2D eigenvalue weighted by molar-refractivity contribution is -0.139. The van der Waals surface area contributed by atoms with Crippen LogP contribution in [0.3, 0.4) is 0 Å². The maximum absolute atomic E-state index is 13.9. The van der Waals surface area contributed by atoms with Crippen molar-refractivity contribution in [2.24, 2.45) is 0 Å². The average Bonchev–Trinajstić information content (AvgIpc) is 2.94. The molecule has 0 bridgehead atoms. The Morgan fingerprint density at radius 2 is 1.68 bits per heavy atom. The molecular weight excluding hydrogens is 601 g/mol. The van der Waals surface area contributed by atoms with Crippen molar-refractivity contribution in [2.75, 3.05) is 18.0 Å². The number of hydrogen-bond donors (Lipinski definition) is 1. The zero-order valence-electron chi connectivity index (χ0n) is 22.8. The number of carbonyl (C=O) groups is 2. The van der Waals surface area contributed by atoms with E-state index >= 15 is 0 Å². The summed E-state index contributed by atoms with van der Waals surface area (Å²) in [6.45, 7) is 4.85. The molecule has 0 aliphatic heterocycles. The standard InChI is InChI=1S/C29H33BrFN3O5S/c1-5-20(2)32-29(36)21(3)33(18-22-7-6-8-23(30)17-22)28(35)19-34(25-11-9-24(31)10-12-25)40(37,38)27-15-13-26(39-4)14-16-27/h6-17,20-21H,5,18-19H2,1-4H3,(H,32,36)/t20-,21-/m1/s1. The maximum Gasteiger partial charge on any atom is 0.264 e. The molecular formula is C29H33BrFN3O5S. The van der Waals surface area contributed by atoms with Gasteiger partial charge in [-0.15, -0.1) is 0 Å². The van der Waals surface area contributed by atoms with Crippen LogP contribution < -0.4 is 14.4 Å². The SMILES string of the molecule is CC[C@@H](C)NC(=O)[C@@H](C)N(Cc1cccc(Br)c1)C(=O)CN(c1ccc(F)cc1)S(=O)(=O)c1ccc(OC)cc1. The van der Waals surface area contributed by atoms with Gasteiger partial charge in [0.2, 0.25) is 11.8 Å². The third-order valence-electron chi connectivity index (χ3n) is 6.45. The summed E-state index contributed by atoms with van der Waals surface area (Å²) in [6, 6.07) is 16.9. The molecule has 3 aromatic rings. The van der Waals surface area contributed by atoms with Gasteiger partial charge >= 0.3 is 0 Å². The number of sulfonamides is 1. The second-order valence-corrected chi connectivity index (χ2v) is 12.1. The van der Waals surface area contributed by atoms with E-state index in [0.29, 0.717) is 12.2 Å². The predicted octanol–water partition coefficient (Wildman–Crippen LogP) is 5.12. The van der Waals surface area contributed by atoms with Crippen LogP contribution in [0.15, 0.2) is 82.2 Å². The van der Waals surface area contributed by atoms with Gasteiger partial charge in [0.1, 0.15) is 24.2 Å². The molecule has 0 saturated heterocycles. The molecule has 2 amide bonds. The Kier molecular flexibility index (Phi) is 10.7. The molecule has 40 heavy (non-hydrogen) atoms. The number of amides is 2. The molecule has 0 aliphatic rings. The van der Waals surface area contributed by atoms with Gasteiger partial charge in [-0.05, 0) is 86.5 Å². The Morgan fingerprint density at radius 1 is 1.02 bits per heavy atom. The van der Waals surface area contributed by atoms with E-state index in [1.807, 2.05) is 38.1 Å². The van der Waals surface area contributed by atoms with Crippen LogP contribution in [-0.4, -0.2) is 50.9 Å². The highest BCUT2D eigenvalue weighted by molar-refractivity contribution is 9.10. The van der Waals surface area contributed by atoms with Crippen molar-refractivity contribution >= 4 is 43.5 Å². The molecule has 214 valence electrons. The molecule has 0 saturated carbocycles. The van der Waals surface area contributed by atoms with E-state index in [-0.39, 0.29) is 29.1 Å². The highest BCUT2D eigenvalue weighted by Crippen LogP contribution is 2.26. The molecule has 0 aliphatic carbocycles. The summed E-state index contributed by atoms with van der Waals surface area (Å²) in [5.41, 5.74) is 0.849. The van der Waals surface area contributed by atoms with Crippen LogP contribution >= 0.6 is 15.9 Å². The fourth-order valence-electron chi connectivity index (χ4n) is 3.89. The number of anilines is 1. The number of halogens is 2. The number of ether oxygens (including phenoxy) is 1. The Balaban J connectivity index is 2.02. The van der Waals surface area contributed by atoms with E-state index < -0.39 is 34.3 Å². The molecule has 0 radical (unpaired) electrons. The normalized spacial score (nSPS) is 12.8. The van der Waals surface area contributed by atoms with Gasteiger partial charge in [-0.3, -0.25) is 13.9 Å². The maximum atomic E-state index is 13.9. The Labute approximate surface area is 243 Å². The molecule has 0 unspecified atom stereocenters. The molecule has 3 aromatic carbocycles. The van der Waals surface area contributed by atoms with Crippen molar-refractivity contribution in [3.63, 3.8) is 0 Å². The van der Waals surface area contributed by atoms with E-state index in [2.05, 4.69) is 21.2 Å². The Bertz CT molecular complexity index is 1420. The zero-order valence-corrected chi connectivity index (χ0v) is 25.2. The average molecular weight is 635 g/mol. The second kappa shape index (κ2) is 13.8. The van der Waals surface area contributed by atoms with Gasteiger partial charge in [0.15, 0.2) is 0 Å². The van der Waals surface area contributed by atoms with E-state index in [1.165, 1.54) is 48.4 Å². The van der Waals surface area contributed by atoms with Crippen LogP contribution in [0.5, 0.6) is 5.75 Å². The number of nitrogens with zero attached hydrogens (tertiary/aromatic N) is 2. The smallest absolute Gasteiger partial charge is 0.264 e. The van der Waals surface area contributed by atoms with Gasteiger partial charge in [0, 0.05) is 17.1 Å². The molecule has 0 heterocycles. The first kappa shape index (κ1) is 31.1. The Hall–Kier alpha value is -3.44. The molecule has 11 heteroatoms. The third-order valence-corrected chi connectivity index (χ3v) is 8.73. The molecule has 0 spiro atoms. The van der Waals surface area contributed by atoms with E-state index in [4.69, 9.17) is 4.74 Å². The number of benzene rings is 3. The summed E-state index contributed by atoms with van der Waals surface area (Å²) in [4.78, 5) is 28.3. The topological polar surface area (TPSA) is 96.0 Å². The summed E-state index contributed by atoms with van der Waals surface area (Å²) in [5.74, 6) is -1.05. The van der Waals surface area contributed by atoms with Crippen LogP contribution in [0, 0.1) is 5.82 Å². The number of carbonyl (C=O) groups excluding carboxylic acids is 2. The lowest BCUT2D eigenvalue weighted by Gasteiger charge is -2.32. The van der Waals surface area contributed by atoms with Gasteiger partial charge in [-0.2, -0.15) is 0 Å². The van der Waals surface area contributed by atoms with Crippen LogP contribution in [-0.2, 0) is 26.2 Å². The highest BCUT2D eigenvalue weighted by Gasteiger charge is 2.33.